The molecule has 1 aliphatic heterocycles. The number of benzene rings is 1. The summed E-state index contributed by atoms with van der Waals surface area (Å²) in [5, 5.41) is 5.64. The number of carbonyl (C=O) groups is 1. The van der Waals surface area contributed by atoms with Crippen molar-refractivity contribution in [3.05, 3.63) is 24.3 Å². The predicted molar refractivity (Wildman–Crippen MR) is 89.1 cm³/mol. The van der Waals surface area contributed by atoms with Crippen LogP contribution in [0.4, 0.5) is 16.2 Å². The molecule has 2 N–H and O–H groups in total. The van der Waals surface area contributed by atoms with Gasteiger partial charge in [-0.25, -0.2) is 9.00 Å². The third kappa shape index (κ3) is 5.31. The topological polar surface area (TPSA) is 79.8 Å². The van der Waals surface area contributed by atoms with Gasteiger partial charge in [-0.2, -0.15) is 4.36 Å². The zero-order valence-electron chi connectivity index (χ0n) is 13.2. The van der Waals surface area contributed by atoms with Gasteiger partial charge in [0, 0.05) is 46.5 Å². The fraction of sp³-hybridized carbons (Fsp3) is 0.533. The van der Waals surface area contributed by atoms with Crippen molar-refractivity contribution in [2.45, 2.75) is 13.3 Å². The van der Waals surface area contributed by atoms with Gasteiger partial charge < -0.3 is 15.4 Å². The van der Waals surface area contributed by atoms with Crippen molar-refractivity contribution in [3.63, 3.8) is 0 Å². The Morgan fingerprint density at radius 1 is 1.36 bits per heavy atom. The molecule has 1 heterocycles. The molecule has 122 valence electrons. The molecule has 1 aromatic rings. The van der Waals surface area contributed by atoms with Gasteiger partial charge in [0.1, 0.15) is 0 Å². The molecule has 1 aliphatic rings. The summed E-state index contributed by atoms with van der Waals surface area (Å²) in [6, 6.07) is 6.70. The summed E-state index contributed by atoms with van der Waals surface area (Å²) in [6.07, 6.45) is 4.12. The van der Waals surface area contributed by atoms with Gasteiger partial charge in [0.15, 0.2) is 0 Å². The lowest BCUT2D eigenvalue weighted by Crippen LogP contribution is -2.38. The molecule has 0 saturated carbocycles. The summed E-state index contributed by atoms with van der Waals surface area (Å²) in [7, 11) is -2.17. The van der Waals surface area contributed by atoms with Crippen LogP contribution in [0, 0.1) is 5.41 Å². The summed E-state index contributed by atoms with van der Waals surface area (Å²) in [5.41, 5.74) is 1.32. The van der Waals surface area contributed by atoms with Gasteiger partial charge in [0.05, 0.1) is 12.3 Å². The lowest BCUT2D eigenvalue weighted by atomic mass is 9.90. The Morgan fingerprint density at radius 3 is 2.59 bits per heavy atom. The minimum Gasteiger partial charge on any atom is -0.381 e. The van der Waals surface area contributed by atoms with Crippen molar-refractivity contribution in [1.29, 1.82) is 0 Å². The standard InChI is InChI=1S/C15H23N3O3S/c1-15(8-9-21-11-15)10-16-14(19)17-12-4-6-13(7-5-12)18-22(2,3)20/h4-7H,8-11H2,1-3H3,(H2,16,17,19). The van der Waals surface area contributed by atoms with Gasteiger partial charge in [-0.15, -0.1) is 0 Å². The molecule has 1 aromatic carbocycles. The largest absolute Gasteiger partial charge is 0.381 e. The number of nitrogens with zero attached hydrogens (tertiary/aromatic N) is 1. The lowest BCUT2D eigenvalue weighted by Gasteiger charge is -2.21. The van der Waals surface area contributed by atoms with E-state index in [4.69, 9.17) is 4.74 Å². The maximum absolute atomic E-state index is 11.9. The van der Waals surface area contributed by atoms with Gasteiger partial charge in [0.25, 0.3) is 0 Å². The number of hydrogen-bond acceptors (Lipinski definition) is 4. The Balaban J connectivity index is 1.88. The van der Waals surface area contributed by atoms with Crippen LogP contribution in [0.3, 0.4) is 0 Å². The van der Waals surface area contributed by atoms with Crippen molar-refractivity contribution < 1.29 is 13.7 Å². The summed E-state index contributed by atoms with van der Waals surface area (Å²) >= 11 is 0. The number of urea groups is 1. The third-order valence-electron chi connectivity index (χ3n) is 3.43. The van der Waals surface area contributed by atoms with Crippen molar-refractivity contribution in [2.24, 2.45) is 9.78 Å². The van der Waals surface area contributed by atoms with Crippen LogP contribution in [0.1, 0.15) is 13.3 Å². The quantitative estimate of drug-likeness (QED) is 0.893. The molecule has 6 nitrogen and oxygen atoms in total. The molecule has 0 spiro atoms. The van der Waals surface area contributed by atoms with E-state index < -0.39 is 9.73 Å². The summed E-state index contributed by atoms with van der Waals surface area (Å²) in [6.45, 7) is 4.11. The maximum atomic E-state index is 11.9. The number of ether oxygens (including phenoxy) is 1. The zero-order chi connectivity index (χ0) is 16.2. The fourth-order valence-corrected chi connectivity index (χ4v) is 2.81. The molecule has 1 atom stereocenters. The highest BCUT2D eigenvalue weighted by molar-refractivity contribution is 7.92. The first-order valence-corrected chi connectivity index (χ1v) is 9.49. The first-order valence-electron chi connectivity index (χ1n) is 7.16. The van der Waals surface area contributed by atoms with Crippen LogP contribution < -0.4 is 10.6 Å². The Morgan fingerprint density at radius 2 is 2.05 bits per heavy atom. The smallest absolute Gasteiger partial charge is 0.319 e. The minimum atomic E-state index is -2.17. The van der Waals surface area contributed by atoms with Gasteiger partial charge in [-0.05, 0) is 30.7 Å². The van der Waals surface area contributed by atoms with Gasteiger partial charge in [-0.3, -0.25) is 0 Å². The van der Waals surface area contributed by atoms with Crippen LogP contribution in [0.5, 0.6) is 0 Å². The monoisotopic (exact) mass is 325 g/mol. The molecule has 1 fully saturated rings. The van der Waals surface area contributed by atoms with E-state index in [0.717, 1.165) is 13.0 Å². The molecule has 22 heavy (non-hydrogen) atoms. The third-order valence-corrected chi connectivity index (χ3v) is 4.08. The SMILES string of the molecule is CC1(CNC(=O)Nc2ccc(N=S(C)(C)=O)cc2)CCOC1. The fourth-order valence-electron chi connectivity index (χ4n) is 2.18. The van der Waals surface area contributed by atoms with Crippen LogP contribution in [-0.4, -0.2) is 42.5 Å². The van der Waals surface area contributed by atoms with E-state index in [0.29, 0.717) is 24.5 Å². The molecular weight excluding hydrogens is 302 g/mol. The molecule has 2 amide bonds. The van der Waals surface area contributed by atoms with Crippen molar-refractivity contribution in [3.8, 4) is 0 Å². The second-order valence-electron chi connectivity index (χ2n) is 6.24. The molecule has 0 aromatic heterocycles. The molecule has 7 heteroatoms. The summed E-state index contributed by atoms with van der Waals surface area (Å²) in [5.74, 6) is 0. The Labute approximate surface area is 131 Å². The van der Waals surface area contributed by atoms with E-state index in [1.165, 1.54) is 0 Å². The first-order chi connectivity index (χ1) is 10.3. The van der Waals surface area contributed by atoms with Crippen molar-refractivity contribution in [2.75, 3.05) is 37.6 Å². The Bertz CT molecular complexity index is 635. The lowest BCUT2D eigenvalue weighted by molar-refractivity contribution is 0.159. The average Bonchev–Trinajstić information content (AvgIpc) is 2.85. The zero-order valence-corrected chi connectivity index (χ0v) is 14.0. The molecule has 0 aliphatic carbocycles. The second kappa shape index (κ2) is 6.66. The van der Waals surface area contributed by atoms with E-state index in [1.54, 1.807) is 36.8 Å². The van der Waals surface area contributed by atoms with Crippen LogP contribution in [0.2, 0.25) is 0 Å². The molecular formula is C15H23N3O3S. The van der Waals surface area contributed by atoms with E-state index in [9.17, 15) is 9.00 Å². The molecule has 1 saturated heterocycles. The van der Waals surface area contributed by atoms with Gasteiger partial charge >= 0.3 is 6.03 Å². The maximum Gasteiger partial charge on any atom is 0.319 e. The first kappa shape index (κ1) is 16.8. The highest BCUT2D eigenvalue weighted by Gasteiger charge is 2.29. The van der Waals surface area contributed by atoms with Crippen LogP contribution in [0.25, 0.3) is 0 Å². The Hall–Kier alpha value is -1.60. The number of anilines is 1. The van der Waals surface area contributed by atoms with Gasteiger partial charge in [0.2, 0.25) is 0 Å². The van der Waals surface area contributed by atoms with Crippen molar-refractivity contribution >= 4 is 27.1 Å². The summed E-state index contributed by atoms with van der Waals surface area (Å²) in [4.78, 5) is 11.9. The molecule has 0 bridgehead atoms. The molecule has 2 rings (SSSR count). The molecule has 0 radical (unpaired) electrons. The second-order valence-corrected chi connectivity index (χ2v) is 8.79. The van der Waals surface area contributed by atoms with Gasteiger partial charge in [-0.1, -0.05) is 6.92 Å². The predicted octanol–water partition coefficient (Wildman–Crippen LogP) is 2.59. The number of rotatable bonds is 4. The van der Waals surface area contributed by atoms with E-state index >= 15 is 0 Å². The number of nitrogens with one attached hydrogen (secondary N) is 2. The van der Waals surface area contributed by atoms with Crippen molar-refractivity contribution in [1.82, 2.24) is 5.32 Å². The van der Waals surface area contributed by atoms with E-state index in [-0.39, 0.29) is 11.4 Å². The van der Waals surface area contributed by atoms with Crippen LogP contribution in [-0.2, 0) is 14.5 Å². The van der Waals surface area contributed by atoms with E-state index in [1.807, 2.05) is 0 Å². The molecule has 1 unspecified atom stereocenters. The minimum absolute atomic E-state index is 0.0164. The number of amides is 2. The number of hydrogen-bond donors (Lipinski definition) is 2. The summed E-state index contributed by atoms with van der Waals surface area (Å²) < 4.78 is 21.1. The average molecular weight is 325 g/mol. The Kier molecular flexibility index (Phi) is 5.08. The van der Waals surface area contributed by atoms with Crippen LogP contribution in [0.15, 0.2) is 28.6 Å². The number of carbonyl (C=O) groups excluding carboxylic acids is 1. The van der Waals surface area contributed by atoms with Crippen LogP contribution >= 0.6 is 0 Å². The van der Waals surface area contributed by atoms with E-state index in [2.05, 4.69) is 21.9 Å². The normalized spacial score (nSPS) is 21.4. The highest BCUT2D eigenvalue weighted by Crippen LogP contribution is 2.26. The highest BCUT2D eigenvalue weighted by atomic mass is 32.2.